The maximum atomic E-state index is 12.1. The number of H-pyrrole nitrogens is 1. The molecule has 7 heteroatoms. The molecule has 2 aromatic heterocycles. The average Bonchev–Trinajstić information content (AvgIpc) is 3.11. The molecule has 128 valence electrons. The van der Waals surface area contributed by atoms with Crippen molar-refractivity contribution in [2.45, 2.75) is 50.6 Å². The second kappa shape index (κ2) is 6.04. The van der Waals surface area contributed by atoms with Crippen molar-refractivity contribution in [3.05, 3.63) is 39.3 Å². The molecule has 24 heavy (non-hydrogen) atoms. The Kier molecular flexibility index (Phi) is 4.00. The largest absolute Gasteiger partial charge is 0.380 e. The van der Waals surface area contributed by atoms with Crippen molar-refractivity contribution in [3.63, 3.8) is 0 Å². The molecule has 0 spiro atoms. The highest BCUT2D eigenvalue weighted by atomic mass is 32.2. The van der Waals surface area contributed by atoms with Crippen LogP contribution in [0.5, 0.6) is 0 Å². The SMILES string of the molecule is Cc1ncn(CC2(C)COC2)c1CSc1nc2c(c(=O)[nH]1)CCC2. The summed E-state index contributed by atoms with van der Waals surface area (Å²) in [7, 11) is 0. The van der Waals surface area contributed by atoms with Crippen LogP contribution >= 0.6 is 11.8 Å². The van der Waals surface area contributed by atoms with Gasteiger partial charge in [0.15, 0.2) is 5.16 Å². The minimum absolute atomic E-state index is 0.0318. The number of rotatable bonds is 5. The lowest BCUT2D eigenvalue weighted by molar-refractivity contribution is -0.110. The molecule has 3 heterocycles. The van der Waals surface area contributed by atoms with Crippen LogP contribution in [-0.2, 0) is 29.9 Å². The summed E-state index contributed by atoms with van der Waals surface area (Å²) in [6, 6.07) is 0. The summed E-state index contributed by atoms with van der Waals surface area (Å²) in [5.74, 6) is 0.754. The molecule has 1 aliphatic carbocycles. The molecule has 1 saturated heterocycles. The molecule has 0 radical (unpaired) electrons. The standard InChI is InChI=1S/C17H22N4O2S/c1-11-14(21(10-18-11)7-17(2)8-23-9-17)6-24-16-19-13-5-3-4-12(13)15(22)20-16/h10H,3-9H2,1-2H3,(H,19,20,22). The van der Waals surface area contributed by atoms with Crippen LogP contribution in [-0.4, -0.2) is 32.7 Å². The fourth-order valence-corrected chi connectivity index (χ4v) is 4.40. The minimum Gasteiger partial charge on any atom is -0.380 e. The Morgan fingerprint density at radius 2 is 2.25 bits per heavy atom. The first-order valence-corrected chi connectivity index (χ1v) is 9.36. The minimum atomic E-state index is 0.0318. The molecular formula is C17H22N4O2S. The molecule has 0 saturated carbocycles. The highest BCUT2D eigenvalue weighted by Gasteiger charge is 2.34. The number of imidazole rings is 1. The maximum Gasteiger partial charge on any atom is 0.254 e. The van der Waals surface area contributed by atoms with E-state index in [0.717, 1.165) is 61.7 Å². The first kappa shape index (κ1) is 15.9. The summed E-state index contributed by atoms with van der Waals surface area (Å²) < 4.78 is 7.57. The summed E-state index contributed by atoms with van der Waals surface area (Å²) in [4.78, 5) is 24.1. The fraction of sp³-hybridized carbons (Fsp3) is 0.588. The Balaban J connectivity index is 1.51. The molecular weight excluding hydrogens is 324 g/mol. The molecule has 2 aromatic rings. The number of aromatic amines is 1. The first-order chi connectivity index (χ1) is 11.5. The summed E-state index contributed by atoms with van der Waals surface area (Å²) in [6.07, 6.45) is 4.72. The van der Waals surface area contributed by atoms with Gasteiger partial charge in [-0.25, -0.2) is 9.97 Å². The number of fused-ring (bicyclic) bond motifs is 1. The lowest BCUT2D eigenvalue weighted by Crippen LogP contribution is -2.43. The Morgan fingerprint density at radius 3 is 3.00 bits per heavy atom. The van der Waals surface area contributed by atoms with E-state index in [2.05, 4.69) is 26.4 Å². The quantitative estimate of drug-likeness (QED) is 0.663. The number of thioether (sulfide) groups is 1. The van der Waals surface area contributed by atoms with E-state index in [1.165, 1.54) is 5.69 Å². The fourth-order valence-electron chi connectivity index (χ4n) is 3.41. The van der Waals surface area contributed by atoms with Crippen molar-refractivity contribution in [3.8, 4) is 0 Å². The van der Waals surface area contributed by atoms with Gasteiger partial charge in [0, 0.05) is 23.3 Å². The van der Waals surface area contributed by atoms with Crippen LogP contribution in [0.15, 0.2) is 16.3 Å². The molecule has 4 rings (SSSR count). The number of hydrogen-bond donors (Lipinski definition) is 1. The third-order valence-electron chi connectivity index (χ3n) is 4.87. The van der Waals surface area contributed by atoms with Gasteiger partial charge in [0.2, 0.25) is 0 Å². The first-order valence-electron chi connectivity index (χ1n) is 8.37. The molecule has 0 bridgehead atoms. The monoisotopic (exact) mass is 346 g/mol. The van der Waals surface area contributed by atoms with Gasteiger partial charge in [0.05, 0.1) is 36.6 Å². The Bertz CT molecular complexity index is 822. The van der Waals surface area contributed by atoms with Crippen molar-refractivity contribution >= 4 is 11.8 Å². The number of aryl methyl sites for hydroxylation is 2. The highest BCUT2D eigenvalue weighted by Crippen LogP contribution is 2.30. The van der Waals surface area contributed by atoms with Crippen LogP contribution in [0.2, 0.25) is 0 Å². The van der Waals surface area contributed by atoms with Gasteiger partial charge in [0.1, 0.15) is 0 Å². The summed E-state index contributed by atoms with van der Waals surface area (Å²) in [6.45, 7) is 6.79. The lowest BCUT2D eigenvalue weighted by atomic mass is 9.88. The Morgan fingerprint density at radius 1 is 1.42 bits per heavy atom. The zero-order chi connectivity index (χ0) is 16.7. The van der Waals surface area contributed by atoms with Crippen LogP contribution < -0.4 is 5.56 Å². The van der Waals surface area contributed by atoms with E-state index in [-0.39, 0.29) is 11.0 Å². The topological polar surface area (TPSA) is 72.8 Å². The van der Waals surface area contributed by atoms with Crippen molar-refractivity contribution in [2.75, 3.05) is 13.2 Å². The third-order valence-corrected chi connectivity index (χ3v) is 5.76. The number of nitrogens with one attached hydrogen (secondary N) is 1. The smallest absolute Gasteiger partial charge is 0.254 e. The average molecular weight is 346 g/mol. The second-order valence-corrected chi connectivity index (χ2v) is 8.11. The van der Waals surface area contributed by atoms with Gasteiger partial charge in [-0.3, -0.25) is 4.79 Å². The summed E-state index contributed by atoms with van der Waals surface area (Å²) in [5, 5.41) is 0.714. The Hall–Kier alpha value is -1.60. The van der Waals surface area contributed by atoms with E-state index < -0.39 is 0 Å². The molecule has 1 N–H and O–H groups in total. The molecule has 0 amide bonds. The summed E-state index contributed by atoms with van der Waals surface area (Å²) in [5.41, 5.74) is 4.31. The normalized spacial score (nSPS) is 18.4. The molecule has 6 nitrogen and oxygen atoms in total. The van der Waals surface area contributed by atoms with Gasteiger partial charge in [0.25, 0.3) is 5.56 Å². The number of aromatic nitrogens is 4. The van der Waals surface area contributed by atoms with E-state index in [1.54, 1.807) is 11.8 Å². The van der Waals surface area contributed by atoms with E-state index in [4.69, 9.17) is 4.74 Å². The predicted molar refractivity (Wildman–Crippen MR) is 92.3 cm³/mol. The van der Waals surface area contributed by atoms with Crippen molar-refractivity contribution in [2.24, 2.45) is 5.41 Å². The summed E-state index contributed by atoms with van der Waals surface area (Å²) >= 11 is 1.58. The van der Waals surface area contributed by atoms with Crippen molar-refractivity contribution in [1.29, 1.82) is 0 Å². The molecule has 0 aromatic carbocycles. The van der Waals surface area contributed by atoms with Crippen molar-refractivity contribution < 1.29 is 4.74 Å². The zero-order valence-corrected chi connectivity index (χ0v) is 14.9. The maximum absolute atomic E-state index is 12.1. The van der Waals surface area contributed by atoms with Gasteiger partial charge in [-0.2, -0.15) is 0 Å². The van der Waals surface area contributed by atoms with Gasteiger partial charge in [-0.05, 0) is 26.2 Å². The third kappa shape index (κ3) is 2.91. The van der Waals surface area contributed by atoms with Gasteiger partial charge in [-0.15, -0.1) is 0 Å². The van der Waals surface area contributed by atoms with Gasteiger partial charge >= 0.3 is 0 Å². The number of nitrogens with zero attached hydrogens (tertiary/aromatic N) is 3. The predicted octanol–water partition coefficient (Wildman–Crippen LogP) is 2.09. The van der Waals surface area contributed by atoms with Crippen molar-refractivity contribution in [1.82, 2.24) is 19.5 Å². The van der Waals surface area contributed by atoms with Gasteiger partial charge < -0.3 is 14.3 Å². The van der Waals surface area contributed by atoms with E-state index in [1.807, 2.05) is 13.3 Å². The van der Waals surface area contributed by atoms with Crippen LogP contribution in [0.25, 0.3) is 0 Å². The van der Waals surface area contributed by atoms with Crippen LogP contribution in [0.1, 0.15) is 36.0 Å². The molecule has 0 atom stereocenters. The molecule has 2 aliphatic rings. The Labute approximate surface area is 145 Å². The molecule has 1 aliphatic heterocycles. The van der Waals surface area contributed by atoms with E-state index in [9.17, 15) is 4.79 Å². The molecule has 1 fully saturated rings. The lowest BCUT2D eigenvalue weighted by Gasteiger charge is -2.38. The van der Waals surface area contributed by atoms with Crippen LogP contribution in [0.3, 0.4) is 0 Å². The van der Waals surface area contributed by atoms with E-state index in [0.29, 0.717) is 5.16 Å². The van der Waals surface area contributed by atoms with E-state index >= 15 is 0 Å². The van der Waals surface area contributed by atoms with Crippen LogP contribution in [0, 0.1) is 12.3 Å². The number of hydrogen-bond acceptors (Lipinski definition) is 5. The molecule has 0 unspecified atom stereocenters. The zero-order valence-electron chi connectivity index (χ0n) is 14.1. The highest BCUT2D eigenvalue weighted by molar-refractivity contribution is 7.98. The van der Waals surface area contributed by atoms with Gasteiger partial charge in [-0.1, -0.05) is 18.7 Å². The van der Waals surface area contributed by atoms with Crippen LogP contribution in [0.4, 0.5) is 0 Å². The number of ether oxygens (including phenoxy) is 1. The second-order valence-electron chi connectivity index (χ2n) is 7.15.